The Morgan fingerprint density at radius 2 is 1.95 bits per heavy atom. The number of alkyl halides is 3. The van der Waals surface area contributed by atoms with Crippen molar-refractivity contribution in [2.45, 2.75) is 12.6 Å². The molecule has 0 bridgehead atoms. The standard InChI is InChI=1S/C14H11ClF3N3O/c15-12-8-19-7-9(21-12)5-6-20-13(22)10-3-1-2-4-11(10)14(16,17)18/h1-4,7-8H,5-6H2,(H,20,22). The van der Waals surface area contributed by atoms with E-state index in [2.05, 4.69) is 15.3 Å². The topological polar surface area (TPSA) is 54.9 Å². The van der Waals surface area contributed by atoms with Crippen LogP contribution in [-0.2, 0) is 12.6 Å². The lowest BCUT2D eigenvalue weighted by atomic mass is 10.1. The van der Waals surface area contributed by atoms with Crippen molar-refractivity contribution < 1.29 is 18.0 Å². The highest BCUT2D eigenvalue weighted by Gasteiger charge is 2.34. The van der Waals surface area contributed by atoms with Gasteiger partial charge in [0.25, 0.3) is 5.91 Å². The molecule has 2 rings (SSSR count). The van der Waals surface area contributed by atoms with Crippen LogP contribution in [0, 0.1) is 0 Å². The number of nitrogens with zero attached hydrogens (tertiary/aromatic N) is 2. The molecule has 0 aliphatic heterocycles. The predicted molar refractivity (Wildman–Crippen MR) is 74.5 cm³/mol. The summed E-state index contributed by atoms with van der Waals surface area (Å²) in [5, 5.41) is 2.64. The van der Waals surface area contributed by atoms with Crippen molar-refractivity contribution in [2.24, 2.45) is 0 Å². The fourth-order valence-electron chi connectivity index (χ4n) is 1.83. The smallest absolute Gasteiger partial charge is 0.352 e. The summed E-state index contributed by atoms with van der Waals surface area (Å²) in [5.41, 5.74) is -0.834. The third-order valence-electron chi connectivity index (χ3n) is 2.80. The van der Waals surface area contributed by atoms with Crippen LogP contribution in [0.4, 0.5) is 13.2 Å². The molecule has 0 spiro atoms. The number of benzene rings is 1. The maximum absolute atomic E-state index is 12.8. The van der Waals surface area contributed by atoms with Crippen LogP contribution in [-0.4, -0.2) is 22.4 Å². The minimum absolute atomic E-state index is 0.125. The maximum Gasteiger partial charge on any atom is 0.417 e. The third-order valence-corrected chi connectivity index (χ3v) is 2.98. The fraction of sp³-hybridized carbons (Fsp3) is 0.214. The first kappa shape index (κ1) is 16.2. The Bertz CT molecular complexity index is 676. The second-order valence-electron chi connectivity index (χ2n) is 4.38. The number of carbonyl (C=O) groups is 1. The minimum Gasteiger partial charge on any atom is -0.352 e. The number of nitrogens with one attached hydrogen (secondary N) is 1. The molecule has 22 heavy (non-hydrogen) atoms. The Kier molecular flexibility index (Phi) is 4.97. The number of halogens is 4. The molecule has 0 aliphatic rings. The maximum atomic E-state index is 12.8. The van der Waals surface area contributed by atoms with E-state index in [-0.39, 0.29) is 11.7 Å². The van der Waals surface area contributed by atoms with Crippen LogP contribution in [0.15, 0.2) is 36.7 Å². The van der Waals surface area contributed by atoms with Crippen LogP contribution in [0.25, 0.3) is 0 Å². The van der Waals surface area contributed by atoms with Gasteiger partial charge in [-0.2, -0.15) is 13.2 Å². The molecule has 2 aromatic rings. The van der Waals surface area contributed by atoms with E-state index >= 15 is 0 Å². The number of hydrogen-bond donors (Lipinski definition) is 1. The molecule has 0 saturated heterocycles. The number of amides is 1. The summed E-state index contributed by atoms with van der Waals surface area (Å²) in [6.45, 7) is 0.125. The molecule has 0 saturated carbocycles. The van der Waals surface area contributed by atoms with Crippen molar-refractivity contribution in [1.29, 1.82) is 0 Å². The summed E-state index contributed by atoms with van der Waals surface area (Å²) >= 11 is 5.67. The highest BCUT2D eigenvalue weighted by atomic mass is 35.5. The molecule has 0 aliphatic carbocycles. The molecule has 1 aromatic heterocycles. The van der Waals surface area contributed by atoms with Crippen molar-refractivity contribution in [3.8, 4) is 0 Å². The summed E-state index contributed by atoms with van der Waals surface area (Å²) in [7, 11) is 0. The lowest BCUT2D eigenvalue weighted by Gasteiger charge is -2.12. The van der Waals surface area contributed by atoms with Crippen LogP contribution in [0.5, 0.6) is 0 Å². The normalized spacial score (nSPS) is 11.3. The second-order valence-corrected chi connectivity index (χ2v) is 4.77. The Balaban J connectivity index is 2.01. The van der Waals surface area contributed by atoms with E-state index in [1.807, 2.05) is 0 Å². The van der Waals surface area contributed by atoms with Gasteiger partial charge in [-0.15, -0.1) is 0 Å². The zero-order chi connectivity index (χ0) is 16.2. The van der Waals surface area contributed by atoms with Gasteiger partial charge in [0.15, 0.2) is 0 Å². The van der Waals surface area contributed by atoms with E-state index in [0.717, 1.165) is 12.1 Å². The van der Waals surface area contributed by atoms with Gasteiger partial charge in [-0.05, 0) is 12.1 Å². The molecule has 0 fully saturated rings. The summed E-state index contributed by atoms with van der Waals surface area (Å²) in [5.74, 6) is -0.789. The van der Waals surface area contributed by atoms with Gasteiger partial charge in [0, 0.05) is 19.2 Å². The molecule has 116 valence electrons. The molecular formula is C14H11ClF3N3O. The molecule has 0 atom stereocenters. The molecule has 1 heterocycles. The summed E-state index contributed by atoms with van der Waals surface area (Å²) in [6.07, 6.45) is -1.43. The predicted octanol–water partition coefficient (Wildman–Crippen LogP) is 3.12. The highest BCUT2D eigenvalue weighted by Crippen LogP contribution is 2.31. The molecule has 1 amide bonds. The molecule has 8 heteroatoms. The van der Waals surface area contributed by atoms with Crippen LogP contribution < -0.4 is 5.32 Å². The summed E-state index contributed by atoms with van der Waals surface area (Å²) in [6, 6.07) is 4.63. The van der Waals surface area contributed by atoms with E-state index in [1.54, 1.807) is 0 Å². The van der Waals surface area contributed by atoms with Crippen molar-refractivity contribution in [3.05, 3.63) is 58.6 Å². The van der Waals surface area contributed by atoms with E-state index in [9.17, 15) is 18.0 Å². The van der Waals surface area contributed by atoms with Gasteiger partial charge < -0.3 is 5.32 Å². The zero-order valence-corrected chi connectivity index (χ0v) is 11.9. The summed E-state index contributed by atoms with van der Waals surface area (Å²) in [4.78, 5) is 19.7. The Labute approximate surface area is 129 Å². The SMILES string of the molecule is O=C(NCCc1cncc(Cl)n1)c1ccccc1C(F)(F)F. The van der Waals surface area contributed by atoms with Gasteiger partial charge in [0.1, 0.15) is 5.15 Å². The quantitative estimate of drug-likeness (QED) is 0.937. The van der Waals surface area contributed by atoms with Gasteiger partial charge in [-0.3, -0.25) is 9.78 Å². The first-order valence-corrected chi connectivity index (χ1v) is 6.66. The third kappa shape index (κ3) is 4.17. The molecule has 1 aromatic carbocycles. The average molecular weight is 330 g/mol. The number of carbonyl (C=O) groups excluding carboxylic acids is 1. The van der Waals surface area contributed by atoms with Crippen LogP contribution >= 0.6 is 11.6 Å². The van der Waals surface area contributed by atoms with Crippen LogP contribution in [0.2, 0.25) is 5.15 Å². The van der Waals surface area contributed by atoms with Crippen molar-refractivity contribution in [1.82, 2.24) is 15.3 Å². The zero-order valence-electron chi connectivity index (χ0n) is 11.2. The van der Waals surface area contributed by atoms with Gasteiger partial charge in [-0.1, -0.05) is 23.7 Å². The van der Waals surface area contributed by atoms with Crippen molar-refractivity contribution in [2.75, 3.05) is 6.54 Å². The van der Waals surface area contributed by atoms with Crippen molar-refractivity contribution in [3.63, 3.8) is 0 Å². The fourth-order valence-corrected chi connectivity index (χ4v) is 1.99. The molecule has 1 N–H and O–H groups in total. The Morgan fingerprint density at radius 3 is 2.64 bits per heavy atom. The molecule has 0 radical (unpaired) electrons. The average Bonchev–Trinajstić information content (AvgIpc) is 2.46. The lowest BCUT2D eigenvalue weighted by Crippen LogP contribution is -2.28. The number of rotatable bonds is 4. The van der Waals surface area contributed by atoms with Crippen LogP contribution in [0.3, 0.4) is 0 Å². The van der Waals surface area contributed by atoms with Gasteiger partial charge in [0.05, 0.1) is 23.0 Å². The van der Waals surface area contributed by atoms with Gasteiger partial charge >= 0.3 is 6.18 Å². The largest absolute Gasteiger partial charge is 0.417 e. The monoisotopic (exact) mass is 329 g/mol. The summed E-state index contributed by atoms with van der Waals surface area (Å²) < 4.78 is 38.5. The van der Waals surface area contributed by atoms with E-state index < -0.39 is 23.2 Å². The highest BCUT2D eigenvalue weighted by molar-refractivity contribution is 6.29. The van der Waals surface area contributed by atoms with Gasteiger partial charge in [0.2, 0.25) is 0 Å². The van der Waals surface area contributed by atoms with Crippen molar-refractivity contribution >= 4 is 17.5 Å². The van der Waals surface area contributed by atoms with Gasteiger partial charge in [-0.25, -0.2) is 4.98 Å². The first-order valence-electron chi connectivity index (χ1n) is 6.29. The second kappa shape index (κ2) is 6.74. The molecule has 0 unspecified atom stereocenters. The Hall–Kier alpha value is -2.15. The minimum atomic E-state index is -4.58. The number of hydrogen-bond acceptors (Lipinski definition) is 3. The molecule has 4 nitrogen and oxygen atoms in total. The first-order chi connectivity index (χ1) is 10.4. The number of aromatic nitrogens is 2. The Morgan fingerprint density at radius 1 is 1.23 bits per heavy atom. The van der Waals surface area contributed by atoms with E-state index in [4.69, 9.17) is 11.6 Å². The van der Waals surface area contributed by atoms with E-state index in [0.29, 0.717) is 12.1 Å². The molecular weight excluding hydrogens is 319 g/mol. The van der Waals surface area contributed by atoms with Crippen LogP contribution in [0.1, 0.15) is 21.6 Å². The lowest BCUT2D eigenvalue weighted by molar-refractivity contribution is -0.137. The van der Waals surface area contributed by atoms with E-state index in [1.165, 1.54) is 24.5 Å².